The number of nitrogens with two attached hydrogens (primary N) is 1. The molecule has 2 N–H and O–H groups in total. The fraction of sp³-hybridized carbons (Fsp3) is 1.00. The van der Waals surface area contributed by atoms with Crippen molar-refractivity contribution in [3.8, 4) is 0 Å². The summed E-state index contributed by atoms with van der Waals surface area (Å²) in [5.74, 6) is 0. The minimum atomic E-state index is 0.335. The molecule has 0 aromatic carbocycles. The minimum absolute atomic E-state index is 0.335. The summed E-state index contributed by atoms with van der Waals surface area (Å²) in [6.07, 6.45) is 8.07. The van der Waals surface area contributed by atoms with Gasteiger partial charge in [0.15, 0.2) is 0 Å². The Morgan fingerprint density at radius 2 is 1.86 bits per heavy atom. The average molecular weight is 198 g/mol. The third-order valence-electron chi connectivity index (χ3n) is 3.88. The molecule has 2 atom stereocenters. The topological polar surface area (TPSA) is 29.3 Å². The summed E-state index contributed by atoms with van der Waals surface area (Å²) in [5.41, 5.74) is 6.08. The Morgan fingerprint density at radius 1 is 1.29 bits per heavy atom. The maximum absolute atomic E-state index is 6.08. The van der Waals surface area contributed by atoms with Gasteiger partial charge in [0.05, 0.1) is 0 Å². The Balaban J connectivity index is 2.41. The normalized spacial score (nSPS) is 23.8. The fourth-order valence-electron chi connectivity index (χ4n) is 2.46. The molecule has 1 aliphatic rings. The molecule has 14 heavy (non-hydrogen) atoms. The van der Waals surface area contributed by atoms with Crippen LogP contribution in [0.5, 0.6) is 0 Å². The highest BCUT2D eigenvalue weighted by molar-refractivity contribution is 4.82. The maximum Gasteiger partial charge on any atom is 0.0218 e. The van der Waals surface area contributed by atoms with E-state index in [0.29, 0.717) is 12.1 Å². The van der Waals surface area contributed by atoms with Gasteiger partial charge in [0.2, 0.25) is 0 Å². The molecule has 0 aliphatic heterocycles. The monoisotopic (exact) mass is 198 g/mol. The van der Waals surface area contributed by atoms with Gasteiger partial charge in [-0.2, -0.15) is 0 Å². The van der Waals surface area contributed by atoms with Crippen LogP contribution in [0.15, 0.2) is 0 Å². The highest BCUT2D eigenvalue weighted by Crippen LogP contribution is 2.23. The van der Waals surface area contributed by atoms with Crippen molar-refractivity contribution >= 4 is 0 Å². The molecule has 0 heterocycles. The Labute approximate surface area is 88.8 Å². The van der Waals surface area contributed by atoms with E-state index < -0.39 is 0 Å². The predicted molar refractivity (Wildman–Crippen MR) is 62.4 cm³/mol. The van der Waals surface area contributed by atoms with Crippen molar-refractivity contribution in [2.24, 2.45) is 5.73 Å². The summed E-state index contributed by atoms with van der Waals surface area (Å²) in [4.78, 5) is 2.51. The zero-order valence-electron chi connectivity index (χ0n) is 10.00. The number of hydrogen-bond acceptors (Lipinski definition) is 2. The predicted octanol–water partition coefficient (Wildman–Crippen LogP) is 2.38. The molecule has 2 heteroatoms. The first-order valence-electron chi connectivity index (χ1n) is 6.14. The molecule has 0 radical (unpaired) electrons. The van der Waals surface area contributed by atoms with Crippen LogP contribution >= 0.6 is 0 Å². The van der Waals surface area contributed by atoms with E-state index in [1.54, 1.807) is 0 Å². The Bertz CT molecular complexity index is 150. The second kappa shape index (κ2) is 5.72. The van der Waals surface area contributed by atoms with Gasteiger partial charge in [-0.05, 0) is 33.2 Å². The van der Waals surface area contributed by atoms with Crippen molar-refractivity contribution in [2.45, 2.75) is 70.5 Å². The van der Waals surface area contributed by atoms with E-state index in [4.69, 9.17) is 5.73 Å². The van der Waals surface area contributed by atoms with Gasteiger partial charge < -0.3 is 5.73 Å². The van der Waals surface area contributed by atoms with Crippen LogP contribution in [0, 0.1) is 0 Å². The minimum Gasteiger partial charge on any atom is -0.326 e. The summed E-state index contributed by atoms with van der Waals surface area (Å²) in [6, 6.07) is 1.65. The first kappa shape index (κ1) is 12.0. The van der Waals surface area contributed by atoms with Crippen LogP contribution < -0.4 is 5.73 Å². The molecule has 84 valence electrons. The number of rotatable bonds is 4. The lowest BCUT2D eigenvalue weighted by Crippen LogP contribution is -2.48. The molecule has 1 fully saturated rings. The molecule has 0 saturated heterocycles. The van der Waals surface area contributed by atoms with Gasteiger partial charge in [-0.25, -0.2) is 0 Å². The van der Waals surface area contributed by atoms with Crippen molar-refractivity contribution in [1.29, 1.82) is 0 Å². The smallest absolute Gasteiger partial charge is 0.0218 e. The number of nitrogens with zero attached hydrogens (tertiary/aromatic N) is 1. The standard InChI is InChI=1S/C12H26N2/c1-4-12(13)10(2)14(3)11-8-6-5-7-9-11/h10-12H,4-9,13H2,1-3H3. The highest BCUT2D eigenvalue weighted by atomic mass is 15.2. The second-order valence-electron chi connectivity index (χ2n) is 4.77. The third kappa shape index (κ3) is 2.96. The van der Waals surface area contributed by atoms with Crippen LogP contribution in [-0.4, -0.2) is 30.1 Å². The Kier molecular flexibility index (Phi) is 4.90. The van der Waals surface area contributed by atoms with Crippen LogP contribution in [0.25, 0.3) is 0 Å². The molecule has 1 aliphatic carbocycles. The van der Waals surface area contributed by atoms with Gasteiger partial charge in [0.1, 0.15) is 0 Å². The molecule has 1 rings (SSSR count). The van der Waals surface area contributed by atoms with Gasteiger partial charge in [-0.15, -0.1) is 0 Å². The Hall–Kier alpha value is -0.0800. The van der Waals surface area contributed by atoms with Crippen LogP contribution in [0.2, 0.25) is 0 Å². The van der Waals surface area contributed by atoms with Crippen molar-refractivity contribution in [2.75, 3.05) is 7.05 Å². The van der Waals surface area contributed by atoms with Gasteiger partial charge in [-0.3, -0.25) is 4.90 Å². The lowest BCUT2D eigenvalue weighted by Gasteiger charge is -2.37. The van der Waals surface area contributed by atoms with E-state index in [1.165, 1.54) is 32.1 Å². The SMILES string of the molecule is CCC(N)C(C)N(C)C1CCCCC1. The highest BCUT2D eigenvalue weighted by Gasteiger charge is 2.24. The number of likely N-dealkylation sites (N-methyl/N-ethyl adjacent to an activating group) is 1. The van der Waals surface area contributed by atoms with Gasteiger partial charge in [-0.1, -0.05) is 26.2 Å². The fourth-order valence-corrected chi connectivity index (χ4v) is 2.46. The lowest BCUT2D eigenvalue weighted by atomic mass is 9.92. The molecule has 2 nitrogen and oxygen atoms in total. The van der Waals surface area contributed by atoms with Crippen molar-refractivity contribution in [3.63, 3.8) is 0 Å². The maximum atomic E-state index is 6.08. The zero-order valence-corrected chi connectivity index (χ0v) is 10.00. The average Bonchev–Trinajstić information content (AvgIpc) is 2.27. The first-order valence-corrected chi connectivity index (χ1v) is 6.14. The molecule has 1 saturated carbocycles. The number of hydrogen-bond donors (Lipinski definition) is 1. The third-order valence-corrected chi connectivity index (χ3v) is 3.88. The molecule has 0 aromatic heterocycles. The molecule has 0 bridgehead atoms. The van der Waals surface area contributed by atoms with Crippen LogP contribution in [0.4, 0.5) is 0 Å². The van der Waals surface area contributed by atoms with E-state index in [2.05, 4.69) is 25.8 Å². The van der Waals surface area contributed by atoms with E-state index in [0.717, 1.165) is 12.5 Å². The summed E-state index contributed by atoms with van der Waals surface area (Å²) in [5, 5.41) is 0. The summed E-state index contributed by atoms with van der Waals surface area (Å²) >= 11 is 0. The van der Waals surface area contributed by atoms with E-state index in [1.807, 2.05) is 0 Å². The largest absolute Gasteiger partial charge is 0.326 e. The van der Waals surface area contributed by atoms with Crippen LogP contribution in [0.3, 0.4) is 0 Å². The van der Waals surface area contributed by atoms with Crippen LogP contribution in [-0.2, 0) is 0 Å². The Morgan fingerprint density at radius 3 is 2.36 bits per heavy atom. The summed E-state index contributed by atoms with van der Waals surface area (Å²) in [7, 11) is 2.25. The molecule has 0 amide bonds. The molecule has 2 unspecified atom stereocenters. The van der Waals surface area contributed by atoms with E-state index >= 15 is 0 Å². The van der Waals surface area contributed by atoms with Crippen LogP contribution in [0.1, 0.15) is 52.4 Å². The van der Waals surface area contributed by atoms with Gasteiger partial charge in [0.25, 0.3) is 0 Å². The molecule has 0 spiro atoms. The second-order valence-corrected chi connectivity index (χ2v) is 4.77. The van der Waals surface area contributed by atoms with Crippen molar-refractivity contribution < 1.29 is 0 Å². The quantitative estimate of drug-likeness (QED) is 0.751. The lowest BCUT2D eigenvalue weighted by molar-refractivity contribution is 0.128. The summed E-state index contributed by atoms with van der Waals surface area (Å²) < 4.78 is 0. The summed E-state index contributed by atoms with van der Waals surface area (Å²) in [6.45, 7) is 4.44. The van der Waals surface area contributed by atoms with Gasteiger partial charge in [0, 0.05) is 18.1 Å². The zero-order chi connectivity index (χ0) is 10.6. The van der Waals surface area contributed by atoms with E-state index in [-0.39, 0.29) is 0 Å². The molecular formula is C12H26N2. The molecule has 0 aromatic rings. The van der Waals surface area contributed by atoms with E-state index in [9.17, 15) is 0 Å². The molecular weight excluding hydrogens is 172 g/mol. The first-order chi connectivity index (χ1) is 6.66. The van der Waals surface area contributed by atoms with Gasteiger partial charge >= 0.3 is 0 Å². The van der Waals surface area contributed by atoms with Crippen molar-refractivity contribution in [1.82, 2.24) is 4.90 Å². The van der Waals surface area contributed by atoms with Crippen molar-refractivity contribution in [3.05, 3.63) is 0 Å².